The third kappa shape index (κ3) is 3.59. The Bertz CT molecular complexity index is 299. The number of hydrogen-bond donors (Lipinski definition) is 2. The average molecular weight is 223 g/mol. The monoisotopic (exact) mass is 223 g/mol. The third-order valence-electron chi connectivity index (χ3n) is 2.86. The van der Waals surface area contributed by atoms with Crippen LogP contribution in [-0.4, -0.2) is 41.4 Å². The van der Waals surface area contributed by atoms with Crippen LogP contribution in [0.15, 0.2) is 18.2 Å². The van der Waals surface area contributed by atoms with Crippen molar-refractivity contribution in [2.24, 2.45) is 0 Å². The first-order valence-corrected chi connectivity index (χ1v) is 5.68. The van der Waals surface area contributed by atoms with Gasteiger partial charge in [0.15, 0.2) is 0 Å². The van der Waals surface area contributed by atoms with Crippen LogP contribution in [0.1, 0.15) is 16.7 Å². The van der Waals surface area contributed by atoms with Crippen molar-refractivity contribution in [1.29, 1.82) is 0 Å². The van der Waals surface area contributed by atoms with Crippen molar-refractivity contribution < 1.29 is 10.2 Å². The molecule has 0 saturated carbocycles. The molecule has 1 rings (SSSR count). The van der Waals surface area contributed by atoms with E-state index in [9.17, 15) is 0 Å². The highest BCUT2D eigenvalue weighted by molar-refractivity contribution is 5.33. The molecule has 0 aliphatic heterocycles. The molecule has 0 aromatic heterocycles. The second kappa shape index (κ2) is 6.63. The number of rotatable bonds is 6. The van der Waals surface area contributed by atoms with Crippen LogP contribution in [0.3, 0.4) is 0 Å². The molecule has 0 amide bonds. The second-order valence-corrected chi connectivity index (χ2v) is 4.09. The first kappa shape index (κ1) is 13.2. The molecule has 1 aromatic carbocycles. The molecule has 1 aromatic rings. The second-order valence-electron chi connectivity index (χ2n) is 4.09. The summed E-state index contributed by atoms with van der Waals surface area (Å²) in [4.78, 5) is 2.06. The molecular weight excluding hydrogens is 202 g/mol. The highest BCUT2D eigenvalue weighted by Gasteiger charge is 2.08. The smallest absolute Gasteiger partial charge is 0.0558 e. The summed E-state index contributed by atoms with van der Waals surface area (Å²) in [5.41, 5.74) is 3.83. The van der Waals surface area contributed by atoms with Gasteiger partial charge in [0, 0.05) is 19.6 Å². The van der Waals surface area contributed by atoms with E-state index in [1.54, 1.807) is 0 Å². The topological polar surface area (TPSA) is 43.7 Å². The minimum absolute atomic E-state index is 0.130. The largest absolute Gasteiger partial charge is 0.395 e. The fraction of sp³-hybridized carbons (Fsp3) is 0.538. The maximum absolute atomic E-state index is 8.96. The summed E-state index contributed by atoms with van der Waals surface area (Å²) < 4.78 is 0. The van der Waals surface area contributed by atoms with Gasteiger partial charge in [-0.05, 0) is 30.5 Å². The quantitative estimate of drug-likeness (QED) is 0.758. The number of benzene rings is 1. The van der Waals surface area contributed by atoms with Gasteiger partial charge in [0.25, 0.3) is 0 Å². The normalized spacial score (nSPS) is 11.1. The molecule has 0 unspecified atom stereocenters. The van der Waals surface area contributed by atoms with Crippen LogP contribution >= 0.6 is 0 Å². The molecule has 0 fully saturated rings. The summed E-state index contributed by atoms with van der Waals surface area (Å²) >= 11 is 0. The summed E-state index contributed by atoms with van der Waals surface area (Å²) in [7, 11) is 0. The highest BCUT2D eigenvalue weighted by Crippen LogP contribution is 2.15. The molecule has 0 heterocycles. The number of aliphatic hydroxyl groups excluding tert-OH is 2. The van der Waals surface area contributed by atoms with E-state index >= 15 is 0 Å². The molecule has 3 heteroatoms. The van der Waals surface area contributed by atoms with Crippen molar-refractivity contribution in [2.45, 2.75) is 20.4 Å². The van der Waals surface area contributed by atoms with Crippen molar-refractivity contribution in [3.8, 4) is 0 Å². The van der Waals surface area contributed by atoms with Gasteiger partial charge in [-0.3, -0.25) is 4.90 Å². The third-order valence-corrected chi connectivity index (χ3v) is 2.86. The van der Waals surface area contributed by atoms with Crippen molar-refractivity contribution >= 4 is 0 Å². The van der Waals surface area contributed by atoms with Gasteiger partial charge in [-0.1, -0.05) is 18.2 Å². The number of aryl methyl sites for hydroxylation is 2. The van der Waals surface area contributed by atoms with E-state index in [1.165, 1.54) is 16.7 Å². The Morgan fingerprint density at radius 3 is 1.94 bits per heavy atom. The number of nitrogens with zero attached hydrogens (tertiary/aromatic N) is 1. The molecule has 0 spiro atoms. The fourth-order valence-corrected chi connectivity index (χ4v) is 1.87. The van der Waals surface area contributed by atoms with Crippen molar-refractivity contribution in [1.82, 2.24) is 4.90 Å². The zero-order valence-corrected chi connectivity index (χ0v) is 10.1. The van der Waals surface area contributed by atoms with Crippen LogP contribution in [-0.2, 0) is 6.54 Å². The van der Waals surface area contributed by atoms with Crippen LogP contribution in [0.5, 0.6) is 0 Å². The summed E-state index contributed by atoms with van der Waals surface area (Å²) in [6, 6.07) is 6.24. The van der Waals surface area contributed by atoms with E-state index in [4.69, 9.17) is 10.2 Å². The lowest BCUT2D eigenvalue weighted by Crippen LogP contribution is -2.30. The predicted molar refractivity (Wildman–Crippen MR) is 65.4 cm³/mol. The predicted octanol–water partition coefficient (Wildman–Crippen LogP) is 1.09. The minimum atomic E-state index is 0.130. The lowest BCUT2D eigenvalue weighted by molar-refractivity contribution is 0.155. The van der Waals surface area contributed by atoms with E-state index in [1.807, 2.05) is 0 Å². The summed E-state index contributed by atoms with van der Waals surface area (Å²) in [6.45, 7) is 6.45. The van der Waals surface area contributed by atoms with Crippen LogP contribution in [0.2, 0.25) is 0 Å². The summed E-state index contributed by atoms with van der Waals surface area (Å²) in [5.74, 6) is 0. The highest BCUT2D eigenvalue weighted by atomic mass is 16.3. The van der Waals surface area contributed by atoms with Gasteiger partial charge in [0.05, 0.1) is 13.2 Å². The minimum Gasteiger partial charge on any atom is -0.395 e. The average Bonchev–Trinajstić information content (AvgIpc) is 2.24. The maximum atomic E-state index is 8.96. The zero-order chi connectivity index (χ0) is 12.0. The van der Waals surface area contributed by atoms with E-state index in [0.29, 0.717) is 13.1 Å². The van der Waals surface area contributed by atoms with Gasteiger partial charge in [-0.2, -0.15) is 0 Å². The molecule has 0 aliphatic rings. The molecule has 90 valence electrons. The Morgan fingerprint density at radius 2 is 1.50 bits per heavy atom. The summed E-state index contributed by atoms with van der Waals surface area (Å²) in [5, 5.41) is 17.9. The molecular formula is C13H21NO2. The van der Waals surface area contributed by atoms with Crippen molar-refractivity contribution in [3.05, 3.63) is 34.9 Å². The molecule has 0 bridgehead atoms. The molecule has 0 radical (unpaired) electrons. The fourth-order valence-electron chi connectivity index (χ4n) is 1.87. The van der Waals surface area contributed by atoms with Gasteiger partial charge in [-0.15, -0.1) is 0 Å². The summed E-state index contributed by atoms with van der Waals surface area (Å²) in [6.07, 6.45) is 0. The van der Waals surface area contributed by atoms with Gasteiger partial charge in [0.2, 0.25) is 0 Å². The Balaban J connectivity index is 2.76. The molecule has 0 aliphatic carbocycles. The Kier molecular flexibility index (Phi) is 5.46. The Labute approximate surface area is 97.3 Å². The Morgan fingerprint density at radius 1 is 1.00 bits per heavy atom. The molecule has 16 heavy (non-hydrogen) atoms. The van der Waals surface area contributed by atoms with Crippen molar-refractivity contribution in [2.75, 3.05) is 26.3 Å². The molecule has 3 nitrogen and oxygen atoms in total. The van der Waals surface area contributed by atoms with Gasteiger partial charge < -0.3 is 10.2 Å². The molecule has 0 saturated heterocycles. The lowest BCUT2D eigenvalue weighted by Gasteiger charge is -2.22. The van der Waals surface area contributed by atoms with E-state index in [2.05, 4.69) is 36.9 Å². The van der Waals surface area contributed by atoms with E-state index in [0.717, 1.165) is 6.54 Å². The van der Waals surface area contributed by atoms with Gasteiger partial charge >= 0.3 is 0 Å². The number of hydrogen-bond acceptors (Lipinski definition) is 3. The molecule has 2 N–H and O–H groups in total. The van der Waals surface area contributed by atoms with E-state index in [-0.39, 0.29) is 13.2 Å². The molecule has 0 atom stereocenters. The van der Waals surface area contributed by atoms with Crippen LogP contribution < -0.4 is 0 Å². The van der Waals surface area contributed by atoms with Crippen LogP contribution in [0, 0.1) is 13.8 Å². The Hall–Kier alpha value is -0.900. The SMILES string of the molecule is Cc1cccc(C)c1CN(CCO)CCO. The van der Waals surface area contributed by atoms with Crippen LogP contribution in [0.4, 0.5) is 0 Å². The van der Waals surface area contributed by atoms with E-state index < -0.39 is 0 Å². The first-order valence-electron chi connectivity index (χ1n) is 5.68. The van der Waals surface area contributed by atoms with Gasteiger partial charge in [-0.25, -0.2) is 0 Å². The zero-order valence-electron chi connectivity index (χ0n) is 10.1. The maximum Gasteiger partial charge on any atom is 0.0558 e. The van der Waals surface area contributed by atoms with Crippen LogP contribution in [0.25, 0.3) is 0 Å². The lowest BCUT2D eigenvalue weighted by atomic mass is 10.0. The van der Waals surface area contributed by atoms with Crippen molar-refractivity contribution in [3.63, 3.8) is 0 Å². The standard InChI is InChI=1S/C13H21NO2/c1-11-4-3-5-12(2)13(11)10-14(6-8-15)7-9-16/h3-5,15-16H,6-10H2,1-2H3. The van der Waals surface area contributed by atoms with Gasteiger partial charge in [0.1, 0.15) is 0 Å². The number of aliphatic hydroxyl groups is 2. The first-order chi connectivity index (χ1) is 7.69.